The summed E-state index contributed by atoms with van der Waals surface area (Å²) < 4.78 is 6.73. The molecule has 1 atom stereocenters. The van der Waals surface area contributed by atoms with Crippen molar-refractivity contribution in [3.8, 4) is 5.75 Å². The predicted molar refractivity (Wildman–Crippen MR) is 73.5 cm³/mol. The molecule has 0 radical (unpaired) electrons. The number of halogens is 1. The number of ether oxygens (including phenoxy) is 1. The van der Waals surface area contributed by atoms with Crippen molar-refractivity contribution in [2.24, 2.45) is 0 Å². The first-order valence-electron chi connectivity index (χ1n) is 6.04. The van der Waals surface area contributed by atoms with Crippen LogP contribution in [0.15, 0.2) is 28.7 Å². The molecule has 1 fully saturated rings. The van der Waals surface area contributed by atoms with E-state index in [2.05, 4.69) is 33.2 Å². The lowest BCUT2D eigenvalue weighted by molar-refractivity contribution is 0.303. The number of benzene rings is 1. The number of likely N-dealkylation sites (tertiary alicyclic amines) is 1. The maximum absolute atomic E-state index is 5.65. The zero-order valence-corrected chi connectivity index (χ0v) is 11.7. The third-order valence-electron chi connectivity index (χ3n) is 3.01. The van der Waals surface area contributed by atoms with Crippen molar-refractivity contribution in [3.05, 3.63) is 28.7 Å². The number of hydrogen-bond acceptors (Lipinski definition) is 3. The van der Waals surface area contributed by atoms with Gasteiger partial charge in [0, 0.05) is 23.6 Å². The summed E-state index contributed by atoms with van der Waals surface area (Å²) in [7, 11) is 2.17. The minimum atomic E-state index is 0.633. The predicted octanol–water partition coefficient (Wildman–Crippen LogP) is 2.12. The molecule has 1 aromatic carbocycles. The van der Waals surface area contributed by atoms with Gasteiger partial charge in [-0.25, -0.2) is 0 Å². The van der Waals surface area contributed by atoms with E-state index in [9.17, 15) is 0 Å². The minimum Gasteiger partial charge on any atom is -0.492 e. The molecule has 1 heterocycles. The van der Waals surface area contributed by atoms with E-state index >= 15 is 0 Å². The van der Waals surface area contributed by atoms with Gasteiger partial charge in [0.1, 0.15) is 12.4 Å². The Morgan fingerprint density at radius 3 is 2.82 bits per heavy atom. The van der Waals surface area contributed by atoms with Crippen LogP contribution in [0.2, 0.25) is 0 Å². The SMILES string of the molecule is CN1CCC(NCCOc2ccc(Br)cc2)C1. The largest absolute Gasteiger partial charge is 0.492 e. The second-order valence-electron chi connectivity index (χ2n) is 4.50. The smallest absolute Gasteiger partial charge is 0.119 e. The highest BCUT2D eigenvalue weighted by Crippen LogP contribution is 2.15. The van der Waals surface area contributed by atoms with Crippen LogP contribution in [0.1, 0.15) is 6.42 Å². The number of likely N-dealkylation sites (N-methyl/N-ethyl adjacent to an activating group) is 1. The first-order chi connectivity index (χ1) is 8.24. The zero-order chi connectivity index (χ0) is 12.1. The van der Waals surface area contributed by atoms with Crippen LogP contribution in [0.4, 0.5) is 0 Å². The van der Waals surface area contributed by atoms with Crippen molar-refractivity contribution in [1.82, 2.24) is 10.2 Å². The molecule has 94 valence electrons. The molecule has 0 aromatic heterocycles. The van der Waals surface area contributed by atoms with Crippen LogP contribution in [0.5, 0.6) is 5.75 Å². The molecule has 3 nitrogen and oxygen atoms in total. The minimum absolute atomic E-state index is 0.633. The molecule has 1 aliphatic rings. The maximum atomic E-state index is 5.65. The van der Waals surface area contributed by atoms with Gasteiger partial charge in [0.15, 0.2) is 0 Å². The molecule has 1 aromatic rings. The Hall–Kier alpha value is -0.580. The summed E-state index contributed by atoms with van der Waals surface area (Å²) in [6, 6.07) is 8.58. The monoisotopic (exact) mass is 298 g/mol. The normalized spacial score (nSPS) is 20.7. The van der Waals surface area contributed by atoms with Gasteiger partial charge >= 0.3 is 0 Å². The van der Waals surface area contributed by atoms with Crippen LogP contribution in [0.3, 0.4) is 0 Å². The van der Waals surface area contributed by atoms with E-state index < -0.39 is 0 Å². The molecule has 0 saturated carbocycles. The van der Waals surface area contributed by atoms with Crippen LogP contribution in [0, 0.1) is 0 Å². The van der Waals surface area contributed by atoms with Crippen LogP contribution < -0.4 is 10.1 Å². The van der Waals surface area contributed by atoms with E-state index in [1.165, 1.54) is 13.0 Å². The number of rotatable bonds is 5. The quantitative estimate of drug-likeness (QED) is 0.843. The molecular weight excluding hydrogens is 280 g/mol. The van der Waals surface area contributed by atoms with Crippen LogP contribution in [-0.4, -0.2) is 44.2 Å². The molecule has 0 spiro atoms. The van der Waals surface area contributed by atoms with Gasteiger partial charge in [0.25, 0.3) is 0 Å². The van der Waals surface area contributed by atoms with Gasteiger partial charge in [-0.05, 0) is 44.3 Å². The maximum Gasteiger partial charge on any atom is 0.119 e. The fourth-order valence-electron chi connectivity index (χ4n) is 2.06. The molecular formula is C13H19BrN2O. The lowest BCUT2D eigenvalue weighted by Crippen LogP contribution is -2.34. The molecule has 0 bridgehead atoms. The molecule has 17 heavy (non-hydrogen) atoms. The van der Waals surface area contributed by atoms with Gasteiger partial charge in [0.2, 0.25) is 0 Å². The molecule has 1 saturated heterocycles. The fourth-order valence-corrected chi connectivity index (χ4v) is 2.33. The van der Waals surface area contributed by atoms with E-state index in [1.807, 2.05) is 24.3 Å². The van der Waals surface area contributed by atoms with Crippen LogP contribution in [0.25, 0.3) is 0 Å². The number of nitrogens with one attached hydrogen (secondary N) is 1. The Morgan fingerprint density at radius 1 is 1.41 bits per heavy atom. The fraction of sp³-hybridized carbons (Fsp3) is 0.538. The van der Waals surface area contributed by atoms with Gasteiger partial charge in [-0.15, -0.1) is 0 Å². The van der Waals surface area contributed by atoms with Crippen molar-refractivity contribution in [2.45, 2.75) is 12.5 Å². The van der Waals surface area contributed by atoms with E-state index in [0.717, 1.165) is 29.9 Å². The molecule has 1 aliphatic heterocycles. The summed E-state index contributed by atoms with van der Waals surface area (Å²) in [5.41, 5.74) is 0. The first-order valence-corrected chi connectivity index (χ1v) is 6.83. The summed E-state index contributed by atoms with van der Waals surface area (Å²) in [6.45, 7) is 3.99. The summed E-state index contributed by atoms with van der Waals surface area (Å²) in [6.07, 6.45) is 1.24. The van der Waals surface area contributed by atoms with Crippen molar-refractivity contribution >= 4 is 15.9 Å². The Balaban J connectivity index is 1.61. The Labute approximate surface area is 111 Å². The Morgan fingerprint density at radius 2 is 2.18 bits per heavy atom. The zero-order valence-electron chi connectivity index (χ0n) is 10.2. The number of nitrogens with zero attached hydrogens (tertiary/aromatic N) is 1. The highest BCUT2D eigenvalue weighted by atomic mass is 79.9. The van der Waals surface area contributed by atoms with E-state index in [-0.39, 0.29) is 0 Å². The van der Waals surface area contributed by atoms with Crippen molar-refractivity contribution in [3.63, 3.8) is 0 Å². The summed E-state index contributed by atoms with van der Waals surface area (Å²) in [4.78, 5) is 2.35. The van der Waals surface area contributed by atoms with E-state index in [0.29, 0.717) is 6.04 Å². The topological polar surface area (TPSA) is 24.5 Å². The highest BCUT2D eigenvalue weighted by molar-refractivity contribution is 9.10. The summed E-state index contributed by atoms with van der Waals surface area (Å²) >= 11 is 3.41. The molecule has 1 N–H and O–H groups in total. The molecule has 0 aliphatic carbocycles. The van der Waals surface area contributed by atoms with E-state index in [4.69, 9.17) is 4.74 Å². The standard InChI is InChI=1S/C13H19BrN2O/c1-16-8-6-12(10-16)15-7-9-17-13-4-2-11(14)3-5-13/h2-5,12,15H,6-10H2,1H3. The van der Waals surface area contributed by atoms with Gasteiger partial charge in [-0.3, -0.25) is 0 Å². The van der Waals surface area contributed by atoms with Gasteiger partial charge in [0.05, 0.1) is 0 Å². The summed E-state index contributed by atoms with van der Waals surface area (Å²) in [5.74, 6) is 0.929. The average Bonchev–Trinajstić information content (AvgIpc) is 2.73. The van der Waals surface area contributed by atoms with Crippen LogP contribution in [-0.2, 0) is 0 Å². The second kappa shape index (κ2) is 6.38. The first kappa shape index (κ1) is 12.9. The average molecular weight is 299 g/mol. The lowest BCUT2D eigenvalue weighted by atomic mass is 10.3. The van der Waals surface area contributed by atoms with Crippen molar-refractivity contribution in [2.75, 3.05) is 33.3 Å². The third-order valence-corrected chi connectivity index (χ3v) is 3.54. The third kappa shape index (κ3) is 4.30. The van der Waals surface area contributed by atoms with Gasteiger partial charge < -0.3 is 15.0 Å². The summed E-state index contributed by atoms with van der Waals surface area (Å²) in [5, 5.41) is 3.52. The van der Waals surface area contributed by atoms with Gasteiger partial charge in [-0.1, -0.05) is 15.9 Å². The molecule has 1 unspecified atom stereocenters. The van der Waals surface area contributed by atoms with Crippen molar-refractivity contribution < 1.29 is 4.74 Å². The molecule has 4 heteroatoms. The molecule has 0 amide bonds. The second-order valence-corrected chi connectivity index (χ2v) is 5.42. The van der Waals surface area contributed by atoms with Gasteiger partial charge in [-0.2, -0.15) is 0 Å². The number of hydrogen-bond donors (Lipinski definition) is 1. The lowest BCUT2D eigenvalue weighted by Gasteiger charge is -2.13. The Bertz CT molecular complexity index is 342. The van der Waals surface area contributed by atoms with E-state index in [1.54, 1.807) is 0 Å². The van der Waals surface area contributed by atoms with Crippen LogP contribution >= 0.6 is 15.9 Å². The highest BCUT2D eigenvalue weighted by Gasteiger charge is 2.17. The molecule has 2 rings (SSSR count). The Kier molecular flexibility index (Phi) is 4.83. The van der Waals surface area contributed by atoms with Crippen molar-refractivity contribution in [1.29, 1.82) is 0 Å².